The van der Waals surface area contributed by atoms with Crippen LogP contribution in [0.4, 0.5) is 0 Å². The Morgan fingerprint density at radius 1 is 1.50 bits per heavy atom. The summed E-state index contributed by atoms with van der Waals surface area (Å²) in [6.45, 7) is 6.86. The summed E-state index contributed by atoms with van der Waals surface area (Å²) in [6, 6.07) is 6.62. The van der Waals surface area contributed by atoms with E-state index in [0.29, 0.717) is 12.7 Å². The minimum Gasteiger partial charge on any atom is -0.396 e. The second-order valence-corrected chi connectivity index (χ2v) is 4.93. The molecule has 0 saturated carbocycles. The SMILES string of the molecule is C=C(C)c1cccc2c1CB1C=CNC1C2. The number of hydrogen-bond donors (Lipinski definition) is 1. The van der Waals surface area contributed by atoms with Crippen molar-refractivity contribution in [3.63, 3.8) is 0 Å². The molecular formula is C14H16BN. The molecule has 1 aromatic rings. The van der Waals surface area contributed by atoms with E-state index < -0.39 is 0 Å². The standard InChI is InChI=1S/C14H16BN/c1-10(2)12-5-3-4-11-8-14-15(6-7-16-14)9-13(11)12/h3-7,14,16H,1,8-9H2,2H3. The summed E-state index contributed by atoms with van der Waals surface area (Å²) in [4.78, 5) is 0. The zero-order chi connectivity index (χ0) is 11.1. The second-order valence-electron chi connectivity index (χ2n) is 4.93. The molecule has 2 heteroatoms. The lowest BCUT2D eigenvalue weighted by atomic mass is 9.39. The molecule has 16 heavy (non-hydrogen) atoms. The monoisotopic (exact) mass is 209 g/mol. The molecule has 1 atom stereocenters. The first-order valence-corrected chi connectivity index (χ1v) is 5.95. The summed E-state index contributed by atoms with van der Waals surface area (Å²) < 4.78 is 0. The smallest absolute Gasteiger partial charge is 0.198 e. The molecule has 0 spiro atoms. The molecule has 0 radical (unpaired) electrons. The van der Waals surface area contributed by atoms with E-state index in [2.05, 4.69) is 49.2 Å². The third-order valence-corrected chi connectivity index (χ3v) is 3.78. The molecule has 0 fully saturated rings. The summed E-state index contributed by atoms with van der Waals surface area (Å²) >= 11 is 0. The Morgan fingerprint density at radius 2 is 2.38 bits per heavy atom. The Labute approximate surface area is 97.3 Å². The maximum Gasteiger partial charge on any atom is 0.198 e. The molecule has 2 aliphatic rings. The van der Waals surface area contributed by atoms with Crippen LogP contribution >= 0.6 is 0 Å². The van der Waals surface area contributed by atoms with E-state index >= 15 is 0 Å². The highest BCUT2D eigenvalue weighted by atomic mass is 14.9. The highest BCUT2D eigenvalue weighted by molar-refractivity contribution is 6.66. The number of allylic oxidation sites excluding steroid dienone is 1. The van der Waals surface area contributed by atoms with Crippen molar-refractivity contribution in [1.29, 1.82) is 0 Å². The maximum atomic E-state index is 4.09. The van der Waals surface area contributed by atoms with E-state index in [1.807, 2.05) is 0 Å². The van der Waals surface area contributed by atoms with Gasteiger partial charge < -0.3 is 5.32 Å². The third kappa shape index (κ3) is 1.41. The molecule has 1 nitrogen and oxygen atoms in total. The van der Waals surface area contributed by atoms with Crippen LogP contribution in [-0.2, 0) is 12.7 Å². The quantitative estimate of drug-likeness (QED) is 0.700. The van der Waals surface area contributed by atoms with Crippen LogP contribution < -0.4 is 5.32 Å². The Balaban J connectivity index is 2.06. The van der Waals surface area contributed by atoms with Crippen molar-refractivity contribution in [3.05, 3.63) is 53.6 Å². The molecule has 0 bridgehead atoms. The average Bonchev–Trinajstić information content (AvgIpc) is 2.71. The van der Waals surface area contributed by atoms with Gasteiger partial charge in [-0.3, -0.25) is 0 Å². The van der Waals surface area contributed by atoms with Gasteiger partial charge in [0, 0.05) is 5.94 Å². The first-order valence-electron chi connectivity index (χ1n) is 5.95. The van der Waals surface area contributed by atoms with Crippen LogP contribution in [0.2, 0.25) is 0 Å². The molecule has 0 aromatic heterocycles. The minimum atomic E-state index is 0.618. The molecule has 80 valence electrons. The maximum absolute atomic E-state index is 4.09. The summed E-state index contributed by atoms with van der Waals surface area (Å²) in [6.07, 6.45) is 4.42. The van der Waals surface area contributed by atoms with Crippen LogP contribution in [0, 0.1) is 0 Å². The fourth-order valence-corrected chi connectivity index (χ4v) is 2.92. The van der Waals surface area contributed by atoms with Crippen molar-refractivity contribution in [2.24, 2.45) is 0 Å². The second kappa shape index (κ2) is 3.55. The average molecular weight is 209 g/mol. The Bertz CT molecular complexity index is 476. The molecule has 0 saturated heterocycles. The lowest BCUT2D eigenvalue weighted by Crippen LogP contribution is -2.42. The van der Waals surface area contributed by atoms with Gasteiger partial charge in [0.1, 0.15) is 0 Å². The molecule has 3 rings (SSSR count). The van der Waals surface area contributed by atoms with Crippen LogP contribution in [-0.4, -0.2) is 12.7 Å². The van der Waals surface area contributed by atoms with Gasteiger partial charge in [-0.2, -0.15) is 0 Å². The van der Waals surface area contributed by atoms with Gasteiger partial charge in [-0.05, 0) is 42.6 Å². The van der Waals surface area contributed by atoms with E-state index in [-0.39, 0.29) is 0 Å². The van der Waals surface area contributed by atoms with Gasteiger partial charge in [0.05, 0.1) is 0 Å². The number of hydrogen-bond acceptors (Lipinski definition) is 1. The van der Waals surface area contributed by atoms with E-state index in [4.69, 9.17) is 0 Å². The Kier molecular flexibility index (Phi) is 2.17. The van der Waals surface area contributed by atoms with Crippen molar-refractivity contribution >= 4 is 12.3 Å². The number of fused-ring (bicyclic) bond motifs is 2. The molecule has 0 aliphatic carbocycles. The molecule has 1 N–H and O–H groups in total. The van der Waals surface area contributed by atoms with Gasteiger partial charge in [-0.25, -0.2) is 0 Å². The van der Waals surface area contributed by atoms with E-state index in [1.54, 1.807) is 0 Å². The first-order chi connectivity index (χ1) is 7.75. The summed E-state index contributed by atoms with van der Waals surface area (Å²) in [5.41, 5.74) is 5.56. The molecule has 0 amide bonds. The largest absolute Gasteiger partial charge is 0.396 e. The summed E-state index contributed by atoms with van der Waals surface area (Å²) in [5, 5.41) is 3.45. The Morgan fingerprint density at radius 3 is 3.19 bits per heavy atom. The van der Waals surface area contributed by atoms with Crippen molar-refractivity contribution in [3.8, 4) is 0 Å². The molecule has 1 unspecified atom stereocenters. The van der Waals surface area contributed by atoms with Crippen molar-refractivity contribution < 1.29 is 0 Å². The number of benzene rings is 1. The zero-order valence-corrected chi connectivity index (χ0v) is 9.66. The van der Waals surface area contributed by atoms with Gasteiger partial charge in [0.25, 0.3) is 0 Å². The van der Waals surface area contributed by atoms with Gasteiger partial charge >= 0.3 is 0 Å². The van der Waals surface area contributed by atoms with Gasteiger partial charge in [0.15, 0.2) is 6.71 Å². The van der Waals surface area contributed by atoms with Gasteiger partial charge in [-0.15, -0.1) is 0 Å². The molecule has 2 aliphatic heterocycles. The Hall–Kier alpha value is -1.44. The van der Waals surface area contributed by atoms with Gasteiger partial charge in [0.2, 0.25) is 0 Å². The highest BCUT2D eigenvalue weighted by Crippen LogP contribution is 2.29. The summed E-state index contributed by atoms with van der Waals surface area (Å²) in [7, 11) is 0. The zero-order valence-electron chi connectivity index (χ0n) is 9.66. The minimum absolute atomic E-state index is 0.618. The first kappa shape index (κ1) is 9.77. The number of rotatable bonds is 1. The predicted octanol–water partition coefficient (Wildman–Crippen LogP) is 2.42. The van der Waals surface area contributed by atoms with E-state index in [0.717, 1.165) is 12.7 Å². The summed E-state index contributed by atoms with van der Waals surface area (Å²) in [5.74, 6) is 2.93. The van der Waals surface area contributed by atoms with Crippen molar-refractivity contribution in [2.75, 3.05) is 0 Å². The lowest BCUT2D eigenvalue weighted by molar-refractivity contribution is 0.738. The fourth-order valence-electron chi connectivity index (χ4n) is 2.92. The van der Waals surface area contributed by atoms with Crippen molar-refractivity contribution in [2.45, 2.75) is 25.6 Å². The number of nitrogens with one attached hydrogen (secondary N) is 1. The van der Waals surface area contributed by atoms with Crippen LogP contribution in [0.5, 0.6) is 0 Å². The molecule has 1 aromatic carbocycles. The molecular weight excluding hydrogens is 193 g/mol. The highest BCUT2D eigenvalue weighted by Gasteiger charge is 2.32. The van der Waals surface area contributed by atoms with Gasteiger partial charge in [-0.1, -0.05) is 36.3 Å². The fraction of sp³-hybridized carbons (Fsp3) is 0.286. The van der Waals surface area contributed by atoms with Crippen LogP contribution in [0.3, 0.4) is 0 Å². The lowest BCUT2D eigenvalue weighted by Gasteiger charge is -2.27. The molecule has 2 heterocycles. The normalized spacial score (nSPS) is 21.3. The van der Waals surface area contributed by atoms with Crippen LogP contribution in [0.15, 0.2) is 37.0 Å². The van der Waals surface area contributed by atoms with E-state index in [1.165, 1.54) is 22.3 Å². The van der Waals surface area contributed by atoms with E-state index in [9.17, 15) is 0 Å². The predicted molar refractivity (Wildman–Crippen MR) is 70.4 cm³/mol. The van der Waals surface area contributed by atoms with Crippen LogP contribution in [0.1, 0.15) is 23.6 Å². The third-order valence-electron chi connectivity index (χ3n) is 3.78. The van der Waals surface area contributed by atoms with Crippen molar-refractivity contribution in [1.82, 2.24) is 5.32 Å². The van der Waals surface area contributed by atoms with Crippen LogP contribution in [0.25, 0.3) is 5.57 Å². The topological polar surface area (TPSA) is 12.0 Å².